The van der Waals surface area contributed by atoms with E-state index in [1.54, 1.807) is 39.8 Å². The number of benzene rings is 2. The van der Waals surface area contributed by atoms with Gasteiger partial charge in [0.25, 0.3) is 11.7 Å². The van der Waals surface area contributed by atoms with Crippen LogP contribution in [0.2, 0.25) is 0 Å². The molecule has 0 saturated carbocycles. The summed E-state index contributed by atoms with van der Waals surface area (Å²) in [6.07, 6.45) is 12.5. The molecule has 72 heavy (non-hydrogen) atoms. The number of aliphatic hydroxyl groups excluding tert-OH is 2. The molecule has 5 N–H and O–H groups in total. The number of esters is 2. The van der Waals surface area contributed by atoms with Crippen LogP contribution in [0.3, 0.4) is 0 Å². The number of hydrogen-bond acceptors (Lipinski definition) is 16. The van der Waals surface area contributed by atoms with Crippen molar-refractivity contribution in [1.29, 1.82) is 0 Å². The molecule has 0 radical (unpaired) electrons. The fourth-order valence-corrected chi connectivity index (χ4v) is 10.6. The number of piperidine rings is 1. The normalized spacial score (nSPS) is 31.6. The summed E-state index contributed by atoms with van der Waals surface area (Å²) in [6.45, 7) is 21.5. The molecule has 0 aromatic heterocycles. The predicted octanol–water partition coefficient (Wildman–Crippen LogP) is 5.16. The Morgan fingerprint density at radius 2 is 1.65 bits per heavy atom. The van der Waals surface area contributed by atoms with E-state index in [-0.39, 0.29) is 68.6 Å². The summed E-state index contributed by atoms with van der Waals surface area (Å²) >= 11 is 0. The first-order valence-electron chi connectivity index (χ1n) is 25.1. The van der Waals surface area contributed by atoms with Gasteiger partial charge in [-0.05, 0) is 39.3 Å². The van der Waals surface area contributed by atoms with Crippen LogP contribution in [0.1, 0.15) is 96.5 Å². The van der Waals surface area contributed by atoms with Gasteiger partial charge in [-0.15, -0.1) is 13.0 Å². The number of carbonyl (C=O) groups is 4. The molecular weight excluding hydrogens is 923 g/mol. The number of fused-ring (bicyclic) bond motifs is 13. The highest BCUT2D eigenvalue weighted by Crippen LogP contribution is 2.50. The minimum absolute atomic E-state index is 0.000156. The Morgan fingerprint density at radius 1 is 0.986 bits per heavy atom. The van der Waals surface area contributed by atoms with Gasteiger partial charge >= 0.3 is 17.7 Å². The molecule has 0 aliphatic carbocycles. The standard InChI is InChI=1S/C55H71N5O12/c1-12-35-20-26-69-54(10)52(67)42-40-41(48(65)34(9)51(42)72-54)49(66)45(44-43(40)57-55(58-44)21-24-60(25-22-55)27-29(3)4)56-53(68)31(6)16-14-15-30(5)46(63)32(7)47(64)33(8)50(37(35)13-2)71-39(62)18-17-38(61)70-36-19-23-59(11)28-36/h2,12,14-16,20,26,29-30,32-33,35-37,46-47,50,63-66H,1,17-19,21-25,27-28H2,3-11H3,(H,56,68)/b15-14+,26-20+,31-16-/t30-,32+,33+,35-,36?,37+,46-,47+,50-,54-/m0/s1. The fraction of sp³-hybridized carbons (Fsp3) is 0.564. The number of nitrogens with zero attached hydrogens (tertiary/aromatic N) is 4. The first kappa shape index (κ1) is 53.7. The SMILES string of the molecule is C#C[C@H]1[C@@H](OC(=O)CCC(=O)OC2CCN(C)C2)[C@H](C)[C@H](O)[C@H](C)[C@@H](O)[C@@H](C)/C=C/C=C(/C)C(=O)Nc2c(O)c3c(O)c(C)c4c(c3c3c2=NC2(CCN(CC(C)C)CC2)N=3)C(=O)[C@@](C)(O/C=C/[C@@H]1C=C)O4. The Morgan fingerprint density at radius 3 is 2.28 bits per heavy atom. The highest BCUT2D eigenvalue weighted by atomic mass is 16.7. The van der Waals surface area contributed by atoms with E-state index in [0.29, 0.717) is 44.8 Å². The third-order valence-corrected chi connectivity index (χ3v) is 15.0. The summed E-state index contributed by atoms with van der Waals surface area (Å²) in [5.41, 5.74) is -0.759. The van der Waals surface area contributed by atoms with Crippen molar-refractivity contribution in [2.45, 2.75) is 123 Å². The van der Waals surface area contributed by atoms with Gasteiger partial charge in [0.05, 0.1) is 53.5 Å². The summed E-state index contributed by atoms with van der Waals surface area (Å²) in [4.78, 5) is 70.1. The molecule has 1 amide bonds. The van der Waals surface area contributed by atoms with Crippen LogP contribution in [0.25, 0.3) is 10.8 Å². The van der Waals surface area contributed by atoms with E-state index in [2.05, 4.69) is 36.6 Å². The number of phenols is 2. The van der Waals surface area contributed by atoms with Crippen LogP contribution in [0.5, 0.6) is 17.2 Å². The lowest BCUT2D eigenvalue weighted by molar-refractivity contribution is -0.162. The van der Waals surface area contributed by atoms with Crippen LogP contribution in [0, 0.1) is 54.8 Å². The molecule has 1 unspecified atom stereocenters. The average Bonchev–Trinajstić information content (AvgIpc) is 4.01. The number of likely N-dealkylation sites (N-methyl/N-ethyl adjacent to an activating group) is 1. The number of carbonyl (C=O) groups excluding carboxylic acids is 4. The molecular formula is C55H71N5O12. The van der Waals surface area contributed by atoms with Gasteiger partial charge in [-0.2, -0.15) is 0 Å². The number of phenolic OH excluding ortho intramolecular Hbond substituents is 2. The van der Waals surface area contributed by atoms with Crippen LogP contribution in [-0.4, -0.2) is 129 Å². The van der Waals surface area contributed by atoms with Gasteiger partial charge in [-0.25, -0.2) is 0 Å². The molecule has 1 spiro atoms. The smallest absolute Gasteiger partial charge is 0.312 e. The number of hydrogen-bond donors (Lipinski definition) is 5. The van der Waals surface area contributed by atoms with Crippen molar-refractivity contribution in [3.8, 4) is 29.6 Å². The second-order valence-corrected chi connectivity index (χ2v) is 20.9. The zero-order valence-electron chi connectivity index (χ0n) is 42.9. The number of allylic oxidation sites excluding steroid dienone is 4. The molecule has 2 aromatic rings. The third-order valence-electron chi connectivity index (χ3n) is 15.0. The molecule has 6 aliphatic heterocycles. The van der Waals surface area contributed by atoms with Crippen molar-refractivity contribution in [2.24, 2.45) is 45.5 Å². The monoisotopic (exact) mass is 994 g/mol. The zero-order chi connectivity index (χ0) is 52.6. The number of ether oxygens (including phenoxy) is 4. The maximum absolute atomic E-state index is 14.9. The number of anilines is 1. The fourth-order valence-electron chi connectivity index (χ4n) is 10.6. The lowest BCUT2D eigenvalue weighted by atomic mass is 9.76. The lowest BCUT2D eigenvalue weighted by Gasteiger charge is -2.37. The molecule has 2 aromatic carbocycles. The first-order valence-corrected chi connectivity index (χ1v) is 25.1. The molecule has 8 rings (SSSR count). The highest BCUT2D eigenvalue weighted by molar-refractivity contribution is 6.19. The number of Topliss-reactive ketones (excluding diaryl/α,β-unsaturated/α-hetero) is 1. The number of nitrogens with one attached hydrogen (secondary N) is 1. The Hall–Kier alpha value is -6.06. The van der Waals surface area contributed by atoms with E-state index >= 15 is 0 Å². The van der Waals surface area contributed by atoms with Gasteiger partial charge in [0.15, 0.2) is 11.4 Å². The molecule has 10 atom stereocenters. The highest BCUT2D eigenvalue weighted by Gasteiger charge is 2.50. The maximum Gasteiger partial charge on any atom is 0.312 e. The van der Waals surface area contributed by atoms with Crippen LogP contribution >= 0.6 is 0 Å². The Bertz CT molecular complexity index is 2750. The number of aliphatic hydroxyl groups is 2. The van der Waals surface area contributed by atoms with E-state index in [1.807, 2.05) is 11.9 Å². The van der Waals surface area contributed by atoms with E-state index in [9.17, 15) is 39.6 Å². The maximum atomic E-state index is 14.9. The number of rotatable bonds is 8. The lowest BCUT2D eigenvalue weighted by Crippen LogP contribution is -2.46. The van der Waals surface area contributed by atoms with E-state index in [0.717, 1.165) is 13.1 Å². The molecule has 388 valence electrons. The largest absolute Gasteiger partial charge is 0.507 e. The molecule has 5 bridgehead atoms. The van der Waals surface area contributed by atoms with Gasteiger partial charge in [0.1, 0.15) is 34.8 Å². The van der Waals surface area contributed by atoms with Gasteiger partial charge in [-0.3, -0.25) is 29.2 Å². The van der Waals surface area contributed by atoms with Crippen molar-refractivity contribution in [3.05, 3.63) is 70.6 Å². The number of ketones is 1. The van der Waals surface area contributed by atoms with Gasteiger partial charge in [0, 0.05) is 92.7 Å². The minimum Gasteiger partial charge on any atom is -0.507 e. The van der Waals surface area contributed by atoms with E-state index < -0.39 is 94.5 Å². The average molecular weight is 994 g/mol. The quantitative estimate of drug-likeness (QED) is 0.0997. The van der Waals surface area contributed by atoms with E-state index in [4.69, 9.17) is 35.4 Å². The Kier molecular flexibility index (Phi) is 16.1. The van der Waals surface area contributed by atoms with Gasteiger partial charge < -0.3 is 54.5 Å². The summed E-state index contributed by atoms with van der Waals surface area (Å²) in [5, 5.41) is 50.9. The third kappa shape index (κ3) is 10.7. The summed E-state index contributed by atoms with van der Waals surface area (Å²) < 4.78 is 24.2. The number of likely N-dealkylation sites (tertiary alicyclic amines) is 2. The van der Waals surface area contributed by atoms with Crippen LogP contribution in [-0.2, 0) is 28.6 Å². The van der Waals surface area contributed by atoms with Crippen molar-refractivity contribution in [1.82, 2.24) is 9.80 Å². The molecule has 2 saturated heterocycles. The van der Waals surface area contributed by atoms with E-state index in [1.165, 1.54) is 38.3 Å². The second-order valence-electron chi connectivity index (χ2n) is 20.9. The first-order chi connectivity index (χ1) is 34.0. The summed E-state index contributed by atoms with van der Waals surface area (Å²) in [7, 11) is 1.93. The van der Waals surface area contributed by atoms with Crippen molar-refractivity contribution in [2.75, 3.05) is 45.1 Å². The van der Waals surface area contributed by atoms with Crippen molar-refractivity contribution in [3.63, 3.8) is 0 Å². The van der Waals surface area contributed by atoms with Crippen molar-refractivity contribution >= 4 is 40.1 Å². The van der Waals surface area contributed by atoms with Crippen molar-refractivity contribution < 1.29 is 58.6 Å². The molecule has 17 heteroatoms. The minimum atomic E-state index is -2.05. The number of amides is 1. The predicted molar refractivity (Wildman–Crippen MR) is 269 cm³/mol. The molecule has 17 nitrogen and oxygen atoms in total. The number of aromatic hydroxyl groups is 2. The molecule has 2 fully saturated rings. The zero-order valence-corrected chi connectivity index (χ0v) is 42.9. The number of terminal acetylenes is 1. The summed E-state index contributed by atoms with van der Waals surface area (Å²) in [5.74, 6) is -6.51. The van der Waals surface area contributed by atoms with Gasteiger partial charge in [-0.1, -0.05) is 64.8 Å². The topological polar surface area (TPSA) is 229 Å². The van der Waals surface area contributed by atoms with Crippen LogP contribution in [0.4, 0.5) is 5.69 Å². The van der Waals surface area contributed by atoms with Crippen LogP contribution < -0.4 is 20.8 Å². The summed E-state index contributed by atoms with van der Waals surface area (Å²) in [6, 6.07) is 0. The molecule has 6 aliphatic rings. The van der Waals surface area contributed by atoms with Crippen LogP contribution in [0.15, 0.2) is 58.8 Å². The van der Waals surface area contributed by atoms with Gasteiger partial charge in [0.2, 0.25) is 0 Å². The Labute approximate surface area is 421 Å². The molecule has 6 heterocycles. The Balaban J connectivity index is 1.31. The second kappa shape index (κ2) is 21.6.